The number of carbonyl (C=O) groups excluding carboxylic acids is 1. The van der Waals surface area contributed by atoms with Crippen LogP contribution < -0.4 is 5.73 Å². The molecule has 0 bridgehead atoms. The SMILES string of the molecule is NC(=O)c1ccc[nH]1.O=C(O)C(F)(F)F. The van der Waals surface area contributed by atoms with Gasteiger partial charge in [0.1, 0.15) is 5.69 Å². The van der Waals surface area contributed by atoms with Crippen LogP contribution in [-0.2, 0) is 4.79 Å². The zero-order valence-electron chi connectivity index (χ0n) is 7.21. The lowest BCUT2D eigenvalue weighted by molar-refractivity contribution is -0.192. The quantitative estimate of drug-likeness (QED) is 0.656. The summed E-state index contributed by atoms with van der Waals surface area (Å²) in [4.78, 5) is 21.8. The fraction of sp³-hybridized carbons (Fsp3) is 0.143. The number of aromatic nitrogens is 1. The third-order valence-electron chi connectivity index (χ3n) is 1.11. The molecule has 0 aliphatic carbocycles. The van der Waals surface area contributed by atoms with E-state index in [0.717, 1.165) is 0 Å². The second-order valence-corrected chi connectivity index (χ2v) is 2.25. The van der Waals surface area contributed by atoms with Gasteiger partial charge in [0, 0.05) is 6.20 Å². The van der Waals surface area contributed by atoms with Crippen LogP contribution in [0.4, 0.5) is 13.2 Å². The highest BCUT2D eigenvalue weighted by molar-refractivity contribution is 5.90. The van der Waals surface area contributed by atoms with E-state index in [-0.39, 0.29) is 0 Å². The second kappa shape index (κ2) is 5.03. The Hall–Kier alpha value is -1.99. The number of aromatic amines is 1. The van der Waals surface area contributed by atoms with Crippen LogP contribution in [0.25, 0.3) is 0 Å². The Morgan fingerprint density at radius 1 is 1.40 bits per heavy atom. The molecule has 0 atom stereocenters. The highest BCUT2D eigenvalue weighted by Gasteiger charge is 2.38. The lowest BCUT2D eigenvalue weighted by Gasteiger charge is -1.93. The van der Waals surface area contributed by atoms with Gasteiger partial charge in [-0.05, 0) is 12.1 Å². The molecule has 0 aromatic carbocycles. The third kappa shape index (κ3) is 5.34. The molecule has 5 nitrogen and oxygen atoms in total. The number of nitrogens with one attached hydrogen (secondary N) is 1. The van der Waals surface area contributed by atoms with Crippen LogP contribution in [0.15, 0.2) is 18.3 Å². The average Bonchev–Trinajstić information content (AvgIpc) is 2.54. The van der Waals surface area contributed by atoms with Gasteiger partial charge in [-0.25, -0.2) is 4.79 Å². The minimum atomic E-state index is -5.08. The van der Waals surface area contributed by atoms with E-state index in [9.17, 15) is 18.0 Å². The number of H-pyrrole nitrogens is 1. The lowest BCUT2D eigenvalue weighted by Crippen LogP contribution is -2.21. The molecular weight excluding hydrogens is 217 g/mol. The van der Waals surface area contributed by atoms with Gasteiger partial charge in [-0.3, -0.25) is 4.79 Å². The standard InChI is InChI=1S/C5H6N2O.C2HF3O2/c6-5(8)4-2-1-3-7-4;3-2(4,5)1(6)7/h1-3,7H,(H2,6,8);(H,6,7). The molecule has 1 amide bonds. The monoisotopic (exact) mass is 224 g/mol. The molecule has 0 aliphatic rings. The molecule has 84 valence electrons. The Labute approximate surface area is 81.7 Å². The van der Waals surface area contributed by atoms with Gasteiger partial charge in [-0.2, -0.15) is 13.2 Å². The number of carboxylic acids is 1. The number of carbonyl (C=O) groups is 2. The zero-order chi connectivity index (χ0) is 12.1. The van der Waals surface area contributed by atoms with Crippen molar-refractivity contribution in [3.63, 3.8) is 0 Å². The van der Waals surface area contributed by atoms with Crippen molar-refractivity contribution in [2.45, 2.75) is 6.18 Å². The Morgan fingerprint density at radius 2 is 1.87 bits per heavy atom. The Morgan fingerprint density at radius 3 is 2.00 bits per heavy atom. The zero-order valence-corrected chi connectivity index (χ0v) is 7.21. The van der Waals surface area contributed by atoms with Crippen LogP contribution in [0.5, 0.6) is 0 Å². The lowest BCUT2D eigenvalue weighted by atomic mass is 10.4. The first-order chi connectivity index (χ1) is 6.75. The predicted molar refractivity (Wildman–Crippen MR) is 43.0 cm³/mol. The molecule has 8 heteroatoms. The van der Waals surface area contributed by atoms with Crippen LogP contribution in [0.2, 0.25) is 0 Å². The van der Waals surface area contributed by atoms with Crippen LogP contribution in [0, 0.1) is 0 Å². The number of aliphatic carboxylic acids is 1. The maximum Gasteiger partial charge on any atom is 0.490 e. The van der Waals surface area contributed by atoms with Crippen molar-refractivity contribution in [2.24, 2.45) is 5.73 Å². The first-order valence-corrected chi connectivity index (χ1v) is 3.48. The fourth-order valence-corrected chi connectivity index (χ4v) is 0.484. The molecule has 0 aliphatic heterocycles. The average molecular weight is 224 g/mol. The molecule has 1 aromatic rings. The maximum atomic E-state index is 10.6. The minimum Gasteiger partial charge on any atom is -0.475 e. The van der Waals surface area contributed by atoms with Gasteiger partial charge >= 0.3 is 12.1 Å². The summed E-state index contributed by atoms with van der Waals surface area (Å²) in [6.07, 6.45) is -3.43. The smallest absolute Gasteiger partial charge is 0.475 e. The van der Waals surface area contributed by atoms with Gasteiger partial charge in [0.15, 0.2) is 0 Å². The molecule has 15 heavy (non-hydrogen) atoms. The highest BCUT2D eigenvalue weighted by atomic mass is 19.4. The number of halogens is 3. The van der Waals surface area contributed by atoms with Crippen LogP contribution >= 0.6 is 0 Å². The van der Waals surface area contributed by atoms with E-state index >= 15 is 0 Å². The minimum absolute atomic E-state index is 0.421. The maximum absolute atomic E-state index is 10.6. The molecule has 0 radical (unpaired) electrons. The summed E-state index contributed by atoms with van der Waals surface area (Å²) in [6, 6.07) is 3.35. The molecular formula is C7H7F3N2O3. The molecule has 0 unspecified atom stereocenters. The van der Waals surface area contributed by atoms with E-state index < -0.39 is 18.1 Å². The van der Waals surface area contributed by atoms with E-state index in [1.165, 1.54) is 0 Å². The van der Waals surface area contributed by atoms with Gasteiger partial charge in [0.2, 0.25) is 0 Å². The van der Waals surface area contributed by atoms with E-state index in [1.54, 1.807) is 18.3 Å². The number of hydrogen-bond acceptors (Lipinski definition) is 2. The Balaban J connectivity index is 0.000000265. The van der Waals surface area contributed by atoms with E-state index in [1.807, 2.05) is 0 Å². The van der Waals surface area contributed by atoms with Crippen molar-refractivity contribution >= 4 is 11.9 Å². The number of hydrogen-bond donors (Lipinski definition) is 3. The number of alkyl halides is 3. The van der Waals surface area contributed by atoms with Gasteiger partial charge in [0.25, 0.3) is 5.91 Å². The summed E-state index contributed by atoms with van der Waals surface area (Å²) in [5.74, 6) is -3.18. The van der Waals surface area contributed by atoms with E-state index in [2.05, 4.69) is 4.98 Å². The van der Waals surface area contributed by atoms with E-state index in [0.29, 0.717) is 5.69 Å². The first-order valence-electron chi connectivity index (χ1n) is 3.48. The van der Waals surface area contributed by atoms with Crippen molar-refractivity contribution < 1.29 is 27.9 Å². The topological polar surface area (TPSA) is 96.2 Å². The number of amides is 1. The largest absolute Gasteiger partial charge is 0.490 e. The van der Waals surface area contributed by atoms with Gasteiger partial charge < -0.3 is 15.8 Å². The van der Waals surface area contributed by atoms with Crippen molar-refractivity contribution in [3.05, 3.63) is 24.0 Å². The molecule has 0 saturated heterocycles. The summed E-state index contributed by atoms with van der Waals surface area (Å²) >= 11 is 0. The molecule has 1 aromatic heterocycles. The van der Waals surface area contributed by atoms with Gasteiger partial charge in [-0.15, -0.1) is 0 Å². The predicted octanol–water partition coefficient (Wildman–Crippen LogP) is 0.747. The third-order valence-corrected chi connectivity index (χ3v) is 1.11. The fourth-order valence-electron chi connectivity index (χ4n) is 0.484. The van der Waals surface area contributed by atoms with E-state index in [4.69, 9.17) is 15.6 Å². The Kier molecular flexibility index (Phi) is 4.36. The van der Waals surface area contributed by atoms with Crippen LogP contribution in [0.1, 0.15) is 10.5 Å². The van der Waals surface area contributed by atoms with Crippen LogP contribution in [0.3, 0.4) is 0 Å². The first kappa shape index (κ1) is 13.0. The summed E-state index contributed by atoms with van der Waals surface area (Å²) in [5.41, 5.74) is 5.34. The number of carboxylic acid groups (broad SMARTS) is 1. The van der Waals surface area contributed by atoms with Crippen molar-refractivity contribution in [1.82, 2.24) is 4.98 Å². The van der Waals surface area contributed by atoms with Crippen LogP contribution in [-0.4, -0.2) is 28.1 Å². The summed E-state index contributed by atoms with van der Waals surface area (Å²) in [7, 11) is 0. The normalized spacial score (nSPS) is 10.1. The summed E-state index contributed by atoms with van der Waals surface area (Å²) < 4.78 is 31.7. The number of rotatable bonds is 1. The van der Waals surface area contributed by atoms with Crippen molar-refractivity contribution in [2.75, 3.05) is 0 Å². The molecule has 0 fully saturated rings. The number of primary amides is 1. The molecule has 1 heterocycles. The van der Waals surface area contributed by atoms with Crippen molar-refractivity contribution in [1.29, 1.82) is 0 Å². The second-order valence-electron chi connectivity index (χ2n) is 2.25. The number of nitrogens with two attached hydrogens (primary N) is 1. The highest BCUT2D eigenvalue weighted by Crippen LogP contribution is 2.13. The molecule has 1 rings (SSSR count). The van der Waals surface area contributed by atoms with Crippen molar-refractivity contribution in [3.8, 4) is 0 Å². The molecule has 0 saturated carbocycles. The van der Waals surface area contributed by atoms with Gasteiger partial charge in [-0.1, -0.05) is 0 Å². The Bertz CT molecular complexity index is 332. The molecule has 0 spiro atoms. The molecule has 4 N–H and O–H groups in total. The summed E-state index contributed by atoms with van der Waals surface area (Å²) in [5, 5.41) is 7.12. The summed E-state index contributed by atoms with van der Waals surface area (Å²) in [6.45, 7) is 0. The van der Waals surface area contributed by atoms with Gasteiger partial charge in [0.05, 0.1) is 0 Å².